The number of hydrogen-bond acceptors (Lipinski definition) is 5. The van der Waals surface area contributed by atoms with E-state index in [-0.39, 0.29) is 11.4 Å². The molecule has 0 saturated carbocycles. The molecule has 3 aromatic rings. The minimum Gasteiger partial charge on any atom is -0.505 e. The van der Waals surface area contributed by atoms with E-state index in [2.05, 4.69) is 10.2 Å². The lowest BCUT2D eigenvalue weighted by Crippen LogP contribution is -1.98. The van der Waals surface area contributed by atoms with E-state index in [4.69, 9.17) is 4.42 Å². The highest BCUT2D eigenvalue weighted by Crippen LogP contribution is 2.33. The van der Waals surface area contributed by atoms with Crippen molar-refractivity contribution < 1.29 is 9.52 Å². The molecular formula is C18H16N2O3. The number of aromatic hydroxyl groups is 1. The summed E-state index contributed by atoms with van der Waals surface area (Å²) in [5, 5.41) is 18.7. The summed E-state index contributed by atoms with van der Waals surface area (Å²) < 4.78 is 5.19. The fraction of sp³-hybridized carbons (Fsp3) is 0.167. The summed E-state index contributed by atoms with van der Waals surface area (Å²) in [5.74, 6) is -0.215. The predicted octanol–water partition coefficient (Wildman–Crippen LogP) is 4.84. The molecule has 0 saturated heterocycles. The standard InChI is InChI=1S/C18H16N2O3/c1-10-4-7-15-14(8-10)17(21)16(18(22)23-15)20-19-13-6-5-11(2)12(3)9-13/h4-9,21H,1-3H3. The van der Waals surface area contributed by atoms with Crippen molar-refractivity contribution in [1.29, 1.82) is 0 Å². The zero-order valence-corrected chi connectivity index (χ0v) is 13.1. The first kappa shape index (κ1) is 15.0. The summed E-state index contributed by atoms with van der Waals surface area (Å²) in [6.45, 7) is 5.86. The van der Waals surface area contributed by atoms with Crippen LogP contribution >= 0.6 is 0 Å². The molecule has 1 heterocycles. The third kappa shape index (κ3) is 2.85. The number of benzene rings is 2. The number of azo groups is 1. The fourth-order valence-corrected chi connectivity index (χ4v) is 2.27. The van der Waals surface area contributed by atoms with Gasteiger partial charge < -0.3 is 9.52 Å². The average molecular weight is 308 g/mol. The van der Waals surface area contributed by atoms with E-state index >= 15 is 0 Å². The van der Waals surface area contributed by atoms with Gasteiger partial charge >= 0.3 is 5.63 Å². The Hall–Kier alpha value is -2.95. The van der Waals surface area contributed by atoms with Gasteiger partial charge in [0.2, 0.25) is 5.69 Å². The Balaban J connectivity index is 2.10. The van der Waals surface area contributed by atoms with Gasteiger partial charge in [-0.3, -0.25) is 0 Å². The van der Waals surface area contributed by atoms with Crippen molar-refractivity contribution in [2.24, 2.45) is 10.2 Å². The second kappa shape index (κ2) is 5.68. The molecule has 0 unspecified atom stereocenters. The largest absolute Gasteiger partial charge is 0.505 e. The van der Waals surface area contributed by atoms with Gasteiger partial charge in [0.05, 0.1) is 11.1 Å². The quantitative estimate of drug-likeness (QED) is 0.543. The molecule has 1 N–H and O–H groups in total. The third-order valence-corrected chi connectivity index (χ3v) is 3.77. The number of hydrogen-bond donors (Lipinski definition) is 1. The molecule has 0 bridgehead atoms. The van der Waals surface area contributed by atoms with Gasteiger partial charge in [0.25, 0.3) is 0 Å². The molecule has 0 aliphatic rings. The minimum atomic E-state index is -0.716. The van der Waals surface area contributed by atoms with Crippen molar-refractivity contribution >= 4 is 22.3 Å². The lowest BCUT2D eigenvalue weighted by atomic mass is 10.1. The van der Waals surface area contributed by atoms with E-state index in [0.29, 0.717) is 16.7 Å². The molecule has 0 amide bonds. The van der Waals surface area contributed by atoms with Crippen molar-refractivity contribution in [1.82, 2.24) is 0 Å². The van der Waals surface area contributed by atoms with Crippen LogP contribution < -0.4 is 5.63 Å². The Bertz CT molecular complexity index is 987. The van der Waals surface area contributed by atoms with Crippen LogP contribution in [0.3, 0.4) is 0 Å². The SMILES string of the molecule is Cc1ccc2oc(=O)c(N=Nc3ccc(C)c(C)c3)c(O)c2c1. The monoisotopic (exact) mass is 308 g/mol. The molecule has 116 valence electrons. The first-order valence-electron chi connectivity index (χ1n) is 7.21. The number of aryl methyl sites for hydroxylation is 3. The van der Waals surface area contributed by atoms with E-state index in [1.54, 1.807) is 24.3 Å². The fourth-order valence-electron chi connectivity index (χ4n) is 2.27. The van der Waals surface area contributed by atoms with E-state index in [0.717, 1.165) is 16.7 Å². The molecule has 1 aromatic heterocycles. The van der Waals surface area contributed by atoms with E-state index < -0.39 is 5.63 Å². The Morgan fingerprint density at radius 3 is 2.48 bits per heavy atom. The Morgan fingerprint density at radius 1 is 0.957 bits per heavy atom. The maximum absolute atomic E-state index is 12.0. The second-order valence-corrected chi connectivity index (χ2v) is 5.55. The molecule has 5 nitrogen and oxygen atoms in total. The molecule has 0 aliphatic carbocycles. The molecule has 3 rings (SSSR count). The maximum atomic E-state index is 12.0. The molecule has 2 aromatic carbocycles. The van der Waals surface area contributed by atoms with Gasteiger partial charge in [0.15, 0.2) is 5.75 Å². The maximum Gasteiger partial charge on any atom is 0.368 e. The van der Waals surface area contributed by atoms with Crippen LogP contribution in [-0.2, 0) is 0 Å². The van der Waals surface area contributed by atoms with Crippen molar-refractivity contribution in [3.8, 4) is 5.75 Å². The summed E-state index contributed by atoms with van der Waals surface area (Å²) in [7, 11) is 0. The van der Waals surface area contributed by atoms with E-state index in [1.165, 1.54) is 0 Å². The average Bonchev–Trinajstić information content (AvgIpc) is 2.51. The minimum absolute atomic E-state index is 0.193. The molecule has 0 aliphatic heterocycles. The predicted molar refractivity (Wildman–Crippen MR) is 89.0 cm³/mol. The van der Waals surface area contributed by atoms with Crippen LogP contribution in [0.2, 0.25) is 0 Å². The van der Waals surface area contributed by atoms with Crippen molar-refractivity contribution in [3.05, 3.63) is 63.5 Å². The third-order valence-electron chi connectivity index (χ3n) is 3.77. The molecule has 0 atom stereocenters. The highest BCUT2D eigenvalue weighted by atomic mass is 16.4. The van der Waals surface area contributed by atoms with Crippen LogP contribution in [0.1, 0.15) is 16.7 Å². The zero-order valence-electron chi connectivity index (χ0n) is 13.1. The number of rotatable bonds is 2. The zero-order chi connectivity index (χ0) is 16.6. The molecular weight excluding hydrogens is 292 g/mol. The number of fused-ring (bicyclic) bond motifs is 1. The van der Waals surface area contributed by atoms with Crippen LogP contribution in [0.5, 0.6) is 5.75 Å². The Labute approximate surface area is 132 Å². The first-order valence-corrected chi connectivity index (χ1v) is 7.21. The van der Waals surface area contributed by atoms with Crippen molar-refractivity contribution in [3.63, 3.8) is 0 Å². The summed E-state index contributed by atoms with van der Waals surface area (Å²) >= 11 is 0. The lowest BCUT2D eigenvalue weighted by molar-refractivity contribution is 0.469. The Kier molecular flexibility index (Phi) is 3.70. The lowest BCUT2D eigenvalue weighted by Gasteiger charge is -2.03. The van der Waals surface area contributed by atoms with Crippen LogP contribution in [0.25, 0.3) is 11.0 Å². The van der Waals surface area contributed by atoms with Crippen LogP contribution in [0.15, 0.2) is 55.8 Å². The normalized spacial score (nSPS) is 11.4. The van der Waals surface area contributed by atoms with Gasteiger partial charge in [-0.2, -0.15) is 5.11 Å². The van der Waals surface area contributed by atoms with E-state index in [9.17, 15) is 9.90 Å². The summed E-state index contributed by atoms with van der Waals surface area (Å²) in [4.78, 5) is 12.0. The van der Waals surface area contributed by atoms with Crippen molar-refractivity contribution in [2.45, 2.75) is 20.8 Å². The van der Waals surface area contributed by atoms with Gasteiger partial charge in [-0.1, -0.05) is 17.7 Å². The topological polar surface area (TPSA) is 75.2 Å². The molecule has 23 heavy (non-hydrogen) atoms. The van der Waals surface area contributed by atoms with Gasteiger partial charge in [0, 0.05) is 0 Å². The van der Waals surface area contributed by atoms with Crippen LogP contribution in [0, 0.1) is 20.8 Å². The second-order valence-electron chi connectivity index (χ2n) is 5.55. The summed E-state index contributed by atoms with van der Waals surface area (Å²) in [6.07, 6.45) is 0. The summed E-state index contributed by atoms with van der Waals surface area (Å²) in [6, 6.07) is 10.8. The van der Waals surface area contributed by atoms with Crippen molar-refractivity contribution in [2.75, 3.05) is 0 Å². The molecule has 5 heteroatoms. The van der Waals surface area contributed by atoms with Gasteiger partial charge in [-0.25, -0.2) is 4.79 Å². The smallest absolute Gasteiger partial charge is 0.368 e. The highest BCUT2D eigenvalue weighted by Gasteiger charge is 2.13. The van der Waals surface area contributed by atoms with Crippen LogP contribution in [-0.4, -0.2) is 5.11 Å². The molecule has 0 spiro atoms. The molecule has 0 fully saturated rings. The van der Waals surface area contributed by atoms with Gasteiger partial charge in [0.1, 0.15) is 5.58 Å². The number of nitrogens with zero attached hydrogens (tertiary/aromatic N) is 2. The van der Waals surface area contributed by atoms with Gasteiger partial charge in [-0.15, -0.1) is 5.11 Å². The Morgan fingerprint density at radius 2 is 1.74 bits per heavy atom. The molecule has 0 radical (unpaired) electrons. The highest BCUT2D eigenvalue weighted by molar-refractivity contribution is 5.87. The van der Waals surface area contributed by atoms with Crippen LogP contribution in [0.4, 0.5) is 11.4 Å². The van der Waals surface area contributed by atoms with E-state index in [1.807, 2.05) is 32.9 Å². The summed E-state index contributed by atoms with van der Waals surface area (Å²) in [5.41, 5.74) is 3.19. The van der Waals surface area contributed by atoms with Gasteiger partial charge in [-0.05, 0) is 56.2 Å². The first-order chi connectivity index (χ1) is 11.0.